The van der Waals surface area contributed by atoms with Crippen molar-refractivity contribution in [2.45, 2.75) is 89.3 Å². The molecule has 0 saturated carbocycles. The molecule has 0 bridgehead atoms. The predicted octanol–water partition coefficient (Wildman–Crippen LogP) is 5.13. The highest BCUT2D eigenvalue weighted by Crippen LogP contribution is 2.54. The molecule has 0 amide bonds. The zero-order valence-corrected chi connectivity index (χ0v) is 15.7. The first kappa shape index (κ1) is 14.1. The van der Waals surface area contributed by atoms with E-state index in [2.05, 4.69) is 47.2 Å². The SMILES string of the molecule is Cc1cc2c3c4c1C(C)(C)CCC4CC[Si]3(C)CC2(C)C. The third-order valence-corrected chi connectivity index (χ3v) is 11.8. The second-order valence-corrected chi connectivity index (χ2v) is 14.2. The number of hydrogen-bond acceptors (Lipinski definition) is 0. The van der Waals surface area contributed by atoms with Crippen LogP contribution in [0.3, 0.4) is 0 Å². The van der Waals surface area contributed by atoms with Gasteiger partial charge in [0.05, 0.1) is 8.07 Å². The Bertz CT molecular complexity index is 638. The highest BCUT2D eigenvalue weighted by Gasteiger charge is 2.53. The van der Waals surface area contributed by atoms with Crippen molar-refractivity contribution in [3.63, 3.8) is 0 Å². The van der Waals surface area contributed by atoms with E-state index >= 15 is 0 Å². The normalized spacial score (nSPS) is 34.7. The van der Waals surface area contributed by atoms with E-state index < -0.39 is 8.07 Å². The summed E-state index contributed by atoms with van der Waals surface area (Å²) in [7, 11) is -1.22. The molecule has 1 aromatic carbocycles. The zero-order chi connectivity index (χ0) is 15.2. The Labute approximate surface area is 131 Å². The van der Waals surface area contributed by atoms with Gasteiger partial charge in [0.1, 0.15) is 0 Å². The highest BCUT2D eigenvalue weighted by atomic mass is 28.3. The topological polar surface area (TPSA) is 0 Å². The van der Waals surface area contributed by atoms with E-state index in [1.165, 1.54) is 25.3 Å². The van der Waals surface area contributed by atoms with Crippen LogP contribution in [-0.4, -0.2) is 8.07 Å². The fourth-order valence-electron chi connectivity index (χ4n) is 6.29. The summed E-state index contributed by atoms with van der Waals surface area (Å²) in [5, 5.41) is 1.93. The van der Waals surface area contributed by atoms with Crippen molar-refractivity contribution in [1.29, 1.82) is 0 Å². The molecule has 4 rings (SSSR count). The standard InChI is InChI=1S/C20H30Si/c1-13-11-15-18-16-14(7-9-19(2,3)17(13)16)8-10-21(18,6)12-20(15,4)5/h11,14H,7-10,12H2,1-6H3. The molecule has 3 aliphatic rings. The Morgan fingerprint density at radius 3 is 2.52 bits per heavy atom. The number of benzene rings is 1. The van der Waals surface area contributed by atoms with Crippen LogP contribution in [0.25, 0.3) is 0 Å². The zero-order valence-electron chi connectivity index (χ0n) is 14.7. The van der Waals surface area contributed by atoms with Gasteiger partial charge < -0.3 is 0 Å². The molecular formula is C20H30Si. The van der Waals surface area contributed by atoms with Gasteiger partial charge in [0.15, 0.2) is 0 Å². The number of rotatable bonds is 0. The maximum absolute atomic E-state index is 2.69. The van der Waals surface area contributed by atoms with Gasteiger partial charge in [-0.1, -0.05) is 51.5 Å². The van der Waals surface area contributed by atoms with Crippen molar-refractivity contribution < 1.29 is 0 Å². The van der Waals surface area contributed by atoms with Crippen LogP contribution in [-0.2, 0) is 10.8 Å². The predicted molar refractivity (Wildman–Crippen MR) is 94.7 cm³/mol. The van der Waals surface area contributed by atoms with E-state index in [-0.39, 0.29) is 0 Å². The monoisotopic (exact) mass is 298 g/mol. The molecule has 1 heteroatoms. The average molecular weight is 299 g/mol. The lowest BCUT2D eigenvalue weighted by Crippen LogP contribution is -2.50. The molecule has 114 valence electrons. The Hall–Kier alpha value is -0.563. The maximum Gasteiger partial charge on any atom is 0.0853 e. The first-order valence-corrected chi connectivity index (χ1v) is 11.8. The van der Waals surface area contributed by atoms with Gasteiger partial charge in [0.25, 0.3) is 0 Å². The van der Waals surface area contributed by atoms with Crippen LogP contribution in [0, 0.1) is 6.92 Å². The molecule has 1 aromatic rings. The van der Waals surface area contributed by atoms with Crippen LogP contribution in [0.1, 0.15) is 75.1 Å². The minimum Gasteiger partial charge on any atom is -0.0652 e. The minimum atomic E-state index is -1.22. The molecule has 0 N–H and O–H groups in total. The van der Waals surface area contributed by atoms with Gasteiger partial charge in [-0.05, 0) is 71.2 Å². The molecule has 0 spiro atoms. The van der Waals surface area contributed by atoms with E-state index in [0.29, 0.717) is 10.8 Å². The molecule has 0 fully saturated rings. The number of hydrogen-bond donors (Lipinski definition) is 0. The molecule has 0 radical (unpaired) electrons. The van der Waals surface area contributed by atoms with E-state index in [4.69, 9.17) is 0 Å². The quantitative estimate of drug-likeness (QED) is 0.582. The molecule has 2 heterocycles. The van der Waals surface area contributed by atoms with Crippen molar-refractivity contribution in [2.75, 3.05) is 0 Å². The molecule has 0 saturated heterocycles. The molecule has 2 aliphatic heterocycles. The molecule has 2 unspecified atom stereocenters. The molecule has 2 atom stereocenters. The van der Waals surface area contributed by atoms with Gasteiger partial charge in [-0.25, -0.2) is 0 Å². The van der Waals surface area contributed by atoms with E-state index in [0.717, 1.165) is 5.92 Å². The first-order chi connectivity index (χ1) is 9.66. The Morgan fingerprint density at radius 1 is 1.10 bits per heavy atom. The summed E-state index contributed by atoms with van der Waals surface area (Å²) in [5.74, 6) is 0.885. The largest absolute Gasteiger partial charge is 0.0853 e. The fraction of sp³-hybridized carbons (Fsp3) is 0.700. The van der Waals surface area contributed by atoms with Crippen LogP contribution in [0.5, 0.6) is 0 Å². The second kappa shape index (κ2) is 3.85. The van der Waals surface area contributed by atoms with Crippen LogP contribution in [0.4, 0.5) is 0 Å². The lowest BCUT2D eigenvalue weighted by atomic mass is 9.65. The Morgan fingerprint density at radius 2 is 1.81 bits per heavy atom. The third-order valence-electron chi connectivity index (χ3n) is 6.98. The average Bonchev–Trinajstić information content (AvgIpc) is 2.55. The van der Waals surface area contributed by atoms with Crippen LogP contribution in [0.2, 0.25) is 18.6 Å². The minimum absolute atomic E-state index is 0.393. The van der Waals surface area contributed by atoms with Crippen molar-refractivity contribution in [2.24, 2.45) is 0 Å². The Kier molecular flexibility index (Phi) is 2.58. The van der Waals surface area contributed by atoms with Gasteiger partial charge in [0.2, 0.25) is 0 Å². The van der Waals surface area contributed by atoms with Crippen molar-refractivity contribution in [1.82, 2.24) is 0 Å². The summed E-state index contributed by atoms with van der Waals surface area (Å²) >= 11 is 0. The maximum atomic E-state index is 2.69. The summed E-state index contributed by atoms with van der Waals surface area (Å²) in [6.45, 7) is 15.1. The molecule has 21 heavy (non-hydrogen) atoms. The van der Waals surface area contributed by atoms with Crippen LogP contribution < -0.4 is 5.19 Å². The second-order valence-electron chi connectivity index (χ2n) is 9.68. The molecule has 0 aromatic heterocycles. The van der Waals surface area contributed by atoms with Crippen LogP contribution in [0.15, 0.2) is 6.07 Å². The lowest BCUT2D eigenvalue weighted by molar-refractivity contribution is 0.384. The molecular weight excluding hydrogens is 268 g/mol. The van der Waals surface area contributed by atoms with Gasteiger partial charge >= 0.3 is 0 Å². The lowest BCUT2D eigenvalue weighted by Gasteiger charge is -2.45. The van der Waals surface area contributed by atoms with Gasteiger partial charge in [-0.2, -0.15) is 0 Å². The van der Waals surface area contributed by atoms with E-state index in [1.54, 1.807) is 22.7 Å². The summed E-state index contributed by atoms with van der Waals surface area (Å²) in [5.41, 5.74) is 7.78. The van der Waals surface area contributed by atoms with Crippen molar-refractivity contribution >= 4 is 13.3 Å². The summed E-state index contributed by atoms with van der Waals surface area (Å²) in [6.07, 6.45) is 4.30. The van der Waals surface area contributed by atoms with Gasteiger partial charge in [-0.3, -0.25) is 0 Å². The van der Waals surface area contributed by atoms with Crippen LogP contribution >= 0.6 is 0 Å². The summed E-state index contributed by atoms with van der Waals surface area (Å²) in [4.78, 5) is 0. The Balaban J connectivity index is 2.12. The number of aryl methyl sites for hydroxylation is 1. The first-order valence-electron chi connectivity index (χ1n) is 8.85. The van der Waals surface area contributed by atoms with Crippen molar-refractivity contribution in [3.05, 3.63) is 28.3 Å². The summed E-state index contributed by atoms with van der Waals surface area (Å²) in [6, 6.07) is 5.63. The fourth-order valence-corrected chi connectivity index (χ4v) is 12.1. The van der Waals surface area contributed by atoms with E-state index in [9.17, 15) is 0 Å². The van der Waals surface area contributed by atoms with Crippen molar-refractivity contribution in [3.8, 4) is 0 Å². The third kappa shape index (κ3) is 1.67. The summed E-state index contributed by atoms with van der Waals surface area (Å²) < 4.78 is 0. The smallest absolute Gasteiger partial charge is 0.0652 e. The molecule has 0 nitrogen and oxygen atoms in total. The van der Waals surface area contributed by atoms with E-state index in [1.807, 2.05) is 10.8 Å². The highest BCUT2D eigenvalue weighted by molar-refractivity contribution is 6.93. The van der Waals surface area contributed by atoms with Gasteiger partial charge in [-0.15, -0.1) is 0 Å². The van der Waals surface area contributed by atoms with Gasteiger partial charge in [0, 0.05) is 0 Å². The molecule has 1 aliphatic carbocycles.